The van der Waals surface area contributed by atoms with Crippen molar-refractivity contribution in [1.82, 2.24) is 0 Å². The van der Waals surface area contributed by atoms with Crippen LogP contribution in [0.3, 0.4) is 0 Å². The average Bonchev–Trinajstić information content (AvgIpc) is 1.81. The molecule has 0 amide bonds. The molecule has 0 spiro atoms. The summed E-state index contributed by atoms with van der Waals surface area (Å²) >= 11 is 1.88. The molecule has 0 aliphatic carbocycles. The molecule has 0 aromatic carbocycles. The molecule has 2 N–H and O–H groups in total. The average molecular weight is 131 g/mol. The minimum Gasteiger partial charge on any atom is -0.330 e. The van der Waals surface area contributed by atoms with Gasteiger partial charge in [-0.3, -0.25) is 0 Å². The summed E-state index contributed by atoms with van der Waals surface area (Å²) in [4.78, 5) is 0. The van der Waals surface area contributed by atoms with Crippen molar-refractivity contribution < 1.29 is 0 Å². The third-order valence-electron chi connectivity index (χ3n) is 0.729. The first kappa shape index (κ1) is 8.05. The Morgan fingerprint density at radius 2 is 2.38 bits per heavy atom. The summed E-state index contributed by atoms with van der Waals surface area (Å²) < 4.78 is 0. The summed E-state index contributed by atoms with van der Waals surface area (Å²) in [5.74, 6) is 2.22. The van der Waals surface area contributed by atoms with Gasteiger partial charge in [-0.2, -0.15) is 11.8 Å². The zero-order chi connectivity index (χ0) is 6.24. The van der Waals surface area contributed by atoms with Gasteiger partial charge in [-0.25, -0.2) is 0 Å². The Bertz CT molecular complexity index is 54.5. The number of thioether (sulfide) groups is 1. The monoisotopic (exact) mass is 131 g/mol. The SMILES string of the molecule is C=CCSCCCN. The number of rotatable bonds is 5. The van der Waals surface area contributed by atoms with Crippen molar-refractivity contribution in [2.24, 2.45) is 5.73 Å². The summed E-state index contributed by atoms with van der Waals surface area (Å²) in [6.07, 6.45) is 3.04. The van der Waals surface area contributed by atoms with E-state index in [0.29, 0.717) is 0 Å². The van der Waals surface area contributed by atoms with Crippen LogP contribution in [0.25, 0.3) is 0 Å². The van der Waals surface area contributed by atoms with E-state index in [1.54, 1.807) is 0 Å². The molecule has 2 heteroatoms. The predicted molar refractivity (Wildman–Crippen MR) is 41.2 cm³/mol. The molecule has 0 fully saturated rings. The zero-order valence-electron chi connectivity index (χ0n) is 5.10. The maximum absolute atomic E-state index is 5.27. The molecule has 0 rings (SSSR count). The molecular weight excluding hydrogens is 118 g/mol. The van der Waals surface area contributed by atoms with Crippen molar-refractivity contribution in [1.29, 1.82) is 0 Å². The fraction of sp³-hybridized carbons (Fsp3) is 0.667. The van der Waals surface area contributed by atoms with Gasteiger partial charge in [0.25, 0.3) is 0 Å². The molecule has 0 radical (unpaired) electrons. The van der Waals surface area contributed by atoms with Gasteiger partial charge < -0.3 is 5.73 Å². The molecule has 1 nitrogen and oxygen atoms in total. The highest BCUT2D eigenvalue weighted by Gasteiger charge is 1.81. The van der Waals surface area contributed by atoms with Crippen LogP contribution in [0.4, 0.5) is 0 Å². The standard InChI is InChI=1S/C6H13NS/c1-2-5-8-6-3-4-7/h2H,1,3-7H2. The van der Waals surface area contributed by atoms with Gasteiger partial charge in [0, 0.05) is 5.75 Å². The zero-order valence-corrected chi connectivity index (χ0v) is 5.91. The molecule has 0 atom stereocenters. The lowest BCUT2D eigenvalue weighted by Crippen LogP contribution is -1.99. The molecule has 8 heavy (non-hydrogen) atoms. The Morgan fingerprint density at radius 3 is 2.88 bits per heavy atom. The Hall–Kier alpha value is 0.0500. The molecule has 0 saturated heterocycles. The molecule has 0 unspecified atom stereocenters. The van der Waals surface area contributed by atoms with Crippen LogP contribution in [0.5, 0.6) is 0 Å². The molecule has 0 saturated carbocycles. The number of nitrogens with two attached hydrogens (primary N) is 1. The van der Waals surface area contributed by atoms with Crippen LogP contribution in [0.1, 0.15) is 6.42 Å². The highest BCUT2D eigenvalue weighted by molar-refractivity contribution is 7.99. The Morgan fingerprint density at radius 1 is 1.62 bits per heavy atom. The van der Waals surface area contributed by atoms with Crippen LogP contribution in [0.2, 0.25) is 0 Å². The predicted octanol–water partition coefficient (Wildman–Crippen LogP) is 1.25. The Labute approximate surface area is 55.3 Å². The van der Waals surface area contributed by atoms with Gasteiger partial charge in [-0.1, -0.05) is 6.08 Å². The van der Waals surface area contributed by atoms with Crippen LogP contribution in [0, 0.1) is 0 Å². The molecular formula is C6H13NS. The van der Waals surface area contributed by atoms with Gasteiger partial charge in [0.05, 0.1) is 0 Å². The lowest BCUT2D eigenvalue weighted by atomic mass is 10.5. The summed E-state index contributed by atoms with van der Waals surface area (Å²) in [5, 5.41) is 0. The second kappa shape index (κ2) is 7.05. The van der Waals surface area contributed by atoms with Gasteiger partial charge in [0.15, 0.2) is 0 Å². The molecule has 0 aromatic rings. The van der Waals surface area contributed by atoms with E-state index in [-0.39, 0.29) is 0 Å². The first-order valence-corrected chi connectivity index (χ1v) is 3.96. The molecule has 0 bridgehead atoms. The summed E-state index contributed by atoms with van der Waals surface area (Å²) in [6.45, 7) is 4.42. The molecule has 0 aromatic heterocycles. The smallest absolute Gasteiger partial charge is 0.0110 e. The van der Waals surface area contributed by atoms with Crippen molar-refractivity contribution >= 4 is 11.8 Å². The van der Waals surface area contributed by atoms with Gasteiger partial charge in [0.1, 0.15) is 0 Å². The number of hydrogen-bond acceptors (Lipinski definition) is 2. The summed E-state index contributed by atoms with van der Waals surface area (Å²) in [7, 11) is 0. The van der Waals surface area contributed by atoms with Crippen LogP contribution >= 0.6 is 11.8 Å². The van der Waals surface area contributed by atoms with Crippen molar-refractivity contribution in [3.8, 4) is 0 Å². The lowest BCUT2D eigenvalue weighted by molar-refractivity contribution is 0.944. The third-order valence-corrected chi connectivity index (χ3v) is 1.78. The molecule has 0 heterocycles. The highest BCUT2D eigenvalue weighted by Crippen LogP contribution is 1.99. The van der Waals surface area contributed by atoms with E-state index >= 15 is 0 Å². The van der Waals surface area contributed by atoms with E-state index in [0.717, 1.165) is 18.7 Å². The Kier molecular flexibility index (Phi) is 7.09. The van der Waals surface area contributed by atoms with Crippen LogP contribution < -0.4 is 5.73 Å². The van der Waals surface area contributed by atoms with Crippen LogP contribution in [0.15, 0.2) is 12.7 Å². The van der Waals surface area contributed by atoms with Gasteiger partial charge in [0.2, 0.25) is 0 Å². The molecule has 0 aliphatic rings. The third kappa shape index (κ3) is 6.05. The fourth-order valence-corrected chi connectivity index (χ4v) is 1.06. The second-order valence-corrected chi connectivity index (χ2v) is 2.66. The van der Waals surface area contributed by atoms with Crippen LogP contribution in [-0.2, 0) is 0 Å². The van der Waals surface area contributed by atoms with E-state index in [4.69, 9.17) is 5.73 Å². The maximum Gasteiger partial charge on any atom is 0.0110 e. The highest BCUT2D eigenvalue weighted by atomic mass is 32.2. The van der Waals surface area contributed by atoms with Gasteiger partial charge >= 0.3 is 0 Å². The first-order chi connectivity index (χ1) is 3.91. The van der Waals surface area contributed by atoms with E-state index in [1.165, 1.54) is 5.75 Å². The van der Waals surface area contributed by atoms with E-state index in [9.17, 15) is 0 Å². The molecule has 0 aliphatic heterocycles. The maximum atomic E-state index is 5.27. The summed E-state index contributed by atoms with van der Waals surface area (Å²) in [6, 6.07) is 0. The first-order valence-electron chi connectivity index (χ1n) is 2.80. The van der Waals surface area contributed by atoms with E-state index < -0.39 is 0 Å². The largest absolute Gasteiger partial charge is 0.330 e. The minimum atomic E-state index is 0.810. The lowest BCUT2D eigenvalue weighted by Gasteiger charge is -1.92. The van der Waals surface area contributed by atoms with Crippen molar-refractivity contribution in [3.05, 3.63) is 12.7 Å². The van der Waals surface area contributed by atoms with Gasteiger partial charge in [-0.15, -0.1) is 6.58 Å². The summed E-state index contributed by atoms with van der Waals surface area (Å²) in [5.41, 5.74) is 5.27. The van der Waals surface area contributed by atoms with Gasteiger partial charge in [-0.05, 0) is 18.7 Å². The van der Waals surface area contributed by atoms with Crippen molar-refractivity contribution in [2.45, 2.75) is 6.42 Å². The molecule has 48 valence electrons. The number of hydrogen-bond donors (Lipinski definition) is 1. The second-order valence-electron chi connectivity index (χ2n) is 1.51. The minimum absolute atomic E-state index is 0.810. The topological polar surface area (TPSA) is 26.0 Å². The van der Waals surface area contributed by atoms with Crippen LogP contribution in [-0.4, -0.2) is 18.1 Å². The van der Waals surface area contributed by atoms with Crippen molar-refractivity contribution in [2.75, 3.05) is 18.1 Å². The quantitative estimate of drug-likeness (QED) is 0.449. The van der Waals surface area contributed by atoms with Crippen molar-refractivity contribution in [3.63, 3.8) is 0 Å². The fourth-order valence-electron chi connectivity index (χ4n) is 0.352. The Balaban J connectivity index is 2.62. The van der Waals surface area contributed by atoms with E-state index in [2.05, 4.69) is 6.58 Å². The normalized spacial score (nSPS) is 9.12. The van der Waals surface area contributed by atoms with E-state index in [1.807, 2.05) is 17.8 Å².